The summed E-state index contributed by atoms with van der Waals surface area (Å²) in [5.41, 5.74) is 2.09. The van der Waals surface area contributed by atoms with Crippen LogP contribution in [-0.4, -0.2) is 35.6 Å². The normalized spacial score (nSPS) is 14.9. The van der Waals surface area contributed by atoms with Gasteiger partial charge in [-0.15, -0.1) is 0 Å². The number of rotatable bonds is 6. The molecule has 0 aliphatic rings. The summed E-state index contributed by atoms with van der Waals surface area (Å²) in [6, 6.07) is 0.255. The van der Waals surface area contributed by atoms with Crippen LogP contribution in [-0.2, 0) is 18.2 Å². The Morgan fingerprint density at radius 2 is 2.18 bits per heavy atom. The molecule has 0 spiro atoms. The second-order valence-electron chi connectivity index (χ2n) is 4.29. The summed E-state index contributed by atoms with van der Waals surface area (Å²) in [5, 5.41) is 8.47. The molecule has 1 aromatic rings. The molecule has 0 amide bonds. The minimum atomic E-state index is 0.144. The van der Waals surface area contributed by atoms with Crippen LogP contribution in [0.5, 0.6) is 0 Å². The highest BCUT2D eigenvalue weighted by molar-refractivity contribution is 6.30. The first-order valence-electron chi connectivity index (χ1n) is 5.95. The van der Waals surface area contributed by atoms with E-state index in [4.69, 9.17) is 16.3 Å². The Bertz CT molecular complexity index is 365. The molecule has 0 aliphatic carbocycles. The van der Waals surface area contributed by atoms with Crippen molar-refractivity contribution in [3.05, 3.63) is 16.4 Å². The van der Waals surface area contributed by atoms with E-state index in [1.165, 1.54) is 0 Å². The maximum Gasteiger partial charge on any atom is 0.130 e. The molecule has 0 aromatic carbocycles. The number of aryl methyl sites for hydroxylation is 2. The lowest BCUT2D eigenvalue weighted by Crippen LogP contribution is -2.41. The van der Waals surface area contributed by atoms with Crippen LogP contribution < -0.4 is 5.32 Å². The molecule has 1 N–H and O–H groups in total. The van der Waals surface area contributed by atoms with Gasteiger partial charge < -0.3 is 10.1 Å². The molecule has 2 atom stereocenters. The van der Waals surface area contributed by atoms with Crippen LogP contribution in [0.1, 0.15) is 25.1 Å². The predicted molar refractivity (Wildman–Crippen MR) is 70.6 cm³/mol. The standard InChI is InChI=1S/C12H22ClN3O/c1-6-14-11(9(3)17-5)7-10-8(2)15-16(4)12(10)13/h9,11,14H,6-7H2,1-5H3. The molecule has 2 unspecified atom stereocenters. The van der Waals surface area contributed by atoms with E-state index in [0.717, 1.165) is 24.2 Å². The molecule has 0 saturated heterocycles. The van der Waals surface area contributed by atoms with Gasteiger partial charge in [-0.05, 0) is 26.8 Å². The number of likely N-dealkylation sites (N-methyl/N-ethyl adjacent to an activating group) is 1. The van der Waals surface area contributed by atoms with Crippen molar-refractivity contribution in [3.63, 3.8) is 0 Å². The van der Waals surface area contributed by atoms with Gasteiger partial charge in [0.25, 0.3) is 0 Å². The average molecular weight is 260 g/mol. The molecule has 5 heteroatoms. The van der Waals surface area contributed by atoms with Gasteiger partial charge in [-0.1, -0.05) is 18.5 Å². The minimum Gasteiger partial charge on any atom is -0.380 e. The Labute approximate surface area is 108 Å². The molecule has 0 saturated carbocycles. The van der Waals surface area contributed by atoms with Crippen LogP contribution in [0.15, 0.2) is 0 Å². The molecule has 98 valence electrons. The van der Waals surface area contributed by atoms with Crippen molar-refractivity contribution >= 4 is 11.6 Å². The van der Waals surface area contributed by atoms with Crippen LogP contribution in [0.3, 0.4) is 0 Å². The number of ether oxygens (including phenoxy) is 1. The van der Waals surface area contributed by atoms with Crippen LogP contribution in [0, 0.1) is 6.92 Å². The molecule has 1 aromatic heterocycles. The average Bonchev–Trinajstić information content (AvgIpc) is 2.54. The molecule has 1 rings (SSSR count). The van der Waals surface area contributed by atoms with Crippen LogP contribution >= 0.6 is 11.6 Å². The molecule has 1 heterocycles. The first kappa shape index (κ1) is 14.5. The third-order valence-electron chi connectivity index (χ3n) is 3.10. The largest absolute Gasteiger partial charge is 0.380 e. The number of aromatic nitrogens is 2. The fourth-order valence-corrected chi connectivity index (χ4v) is 2.21. The molecular weight excluding hydrogens is 238 g/mol. The Hall–Kier alpha value is -0.580. The molecule has 0 fully saturated rings. The van der Waals surface area contributed by atoms with Crippen molar-refractivity contribution in [2.45, 2.75) is 39.3 Å². The zero-order valence-corrected chi connectivity index (χ0v) is 12.0. The zero-order valence-electron chi connectivity index (χ0n) is 11.2. The number of nitrogens with zero attached hydrogens (tertiary/aromatic N) is 2. The summed E-state index contributed by atoms with van der Waals surface area (Å²) in [6.45, 7) is 7.05. The predicted octanol–water partition coefficient (Wildman–Crippen LogP) is 1.94. The SMILES string of the molecule is CCNC(Cc1c(C)nn(C)c1Cl)C(C)OC. The van der Waals surface area contributed by atoms with Gasteiger partial charge in [0.05, 0.1) is 11.8 Å². The van der Waals surface area contributed by atoms with Gasteiger partial charge in [0.1, 0.15) is 5.15 Å². The first-order chi connectivity index (χ1) is 8.01. The highest BCUT2D eigenvalue weighted by atomic mass is 35.5. The molecule has 0 aliphatic heterocycles. The Morgan fingerprint density at radius 3 is 2.59 bits per heavy atom. The van der Waals surface area contributed by atoms with Crippen LogP contribution in [0.2, 0.25) is 5.15 Å². The van der Waals surface area contributed by atoms with Crippen LogP contribution in [0.4, 0.5) is 0 Å². The highest BCUT2D eigenvalue weighted by Crippen LogP contribution is 2.21. The van der Waals surface area contributed by atoms with E-state index in [0.29, 0.717) is 5.15 Å². The Balaban J connectivity index is 2.85. The lowest BCUT2D eigenvalue weighted by molar-refractivity contribution is 0.0836. The highest BCUT2D eigenvalue weighted by Gasteiger charge is 2.21. The molecule has 0 bridgehead atoms. The van der Waals surface area contributed by atoms with Gasteiger partial charge in [0.15, 0.2) is 0 Å². The molecular formula is C12H22ClN3O. The van der Waals surface area contributed by atoms with E-state index in [2.05, 4.69) is 24.3 Å². The van der Waals surface area contributed by atoms with Crippen molar-refractivity contribution in [1.82, 2.24) is 15.1 Å². The summed E-state index contributed by atoms with van der Waals surface area (Å²) in [6.07, 6.45) is 0.979. The molecule has 4 nitrogen and oxygen atoms in total. The first-order valence-corrected chi connectivity index (χ1v) is 6.33. The molecule has 0 radical (unpaired) electrons. The topological polar surface area (TPSA) is 39.1 Å². The lowest BCUT2D eigenvalue weighted by atomic mass is 10.0. The third kappa shape index (κ3) is 3.44. The number of hydrogen-bond acceptors (Lipinski definition) is 3. The lowest BCUT2D eigenvalue weighted by Gasteiger charge is -2.23. The number of nitrogens with one attached hydrogen (secondary N) is 1. The summed E-state index contributed by atoms with van der Waals surface area (Å²) in [7, 11) is 3.59. The van der Waals surface area contributed by atoms with Gasteiger partial charge in [0, 0.05) is 25.8 Å². The van der Waals surface area contributed by atoms with Gasteiger partial charge in [-0.25, -0.2) is 0 Å². The maximum atomic E-state index is 6.24. The van der Waals surface area contributed by atoms with Crippen molar-refractivity contribution in [2.24, 2.45) is 7.05 Å². The number of methoxy groups -OCH3 is 1. The molecule has 17 heavy (non-hydrogen) atoms. The zero-order chi connectivity index (χ0) is 13.0. The summed E-state index contributed by atoms with van der Waals surface area (Å²) >= 11 is 6.24. The monoisotopic (exact) mass is 259 g/mol. The maximum absolute atomic E-state index is 6.24. The second kappa shape index (κ2) is 6.38. The van der Waals surface area contributed by atoms with Gasteiger partial charge in [-0.3, -0.25) is 4.68 Å². The van der Waals surface area contributed by atoms with Gasteiger partial charge >= 0.3 is 0 Å². The third-order valence-corrected chi connectivity index (χ3v) is 3.57. The summed E-state index contributed by atoms with van der Waals surface area (Å²) in [4.78, 5) is 0. The van der Waals surface area contributed by atoms with Gasteiger partial charge in [-0.2, -0.15) is 5.10 Å². The fourth-order valence-electron chi connectivity index (χ4n) is 1.96. The Morgan fingerprint density at radius 1 is 1.53 bits per heavy atom. The van der Waals surface area contributed by atoms with E-state index >= 15 is 0 Å². The van der Waals surface area contributed by atoms with Crippen LogP contribution in [0.25, 0.3) is 0 Å². The van der Waals surface area contributed by atoms with E-state index in [-0.39, 0.29) is 12.1 Å². The van der Waals surface area contributed by atoms with E-state index in [9.17, 15) is 0 Å². The van der Waals surface area contributed by atoms with E-state index in [1.54, 1.807) is 11.8 Å². The fraction of sp³-hybridized carbons (Fsp3) is 0.750. The van der Waals surface area contributed by atoms with Gasteiger partial charge in [0.2, 0.25) is 0 Å². The van der Waals surface area contributed by atoms with E-state index in [1.807, 2.05) is 14.0 Å². The summed E-state index contributed by atoms with van der Waals surface area (Å²) in [5.74, 6) is 0. The van der Waals surface area contributed by atoms with Crippen molar-refractivity contribution < 1.29 is 4.74 Å². The van der Waals surface area contributed by atoms with E-state index < -0.39 is 0 Å². The number of halogens is 1. The second-order valence-corrected chi connectivity index (χ2v) is 4.65. The van der Waals surface area contributed by atoms with Crippen molar-refractivity contribution in [2.75, 3.05) is 13.7 Å². The summed E-state index contributed by atoms with van der Waals surface area (Å²) < 4.78 is 7.11. The Kier molecular flexibility index (Phi) is 5.43. The van der Waals surface area contributed by atoms with Crippen molar-refractivity contribution in [1.29, 1.82) is 0 Å². The quantitative estimate of drug-likeness (QED) is 0.849. The van der Waals surface area contributed by atoms with Crippen molar-refractivity contribution in [3.8, 4) is 0 Å². The minimum absolute atomic E-state index is 0.144. The smallest absolute Gasteiger partial charge is 0.130 e. The number of hydrogen-bond donors (Lipinski definition) is 1.